The molecule has 0 radical (unpaired) electrons. The van der Waals surface area contributed by atoms with Gasteiger partial charge in [0.25, 0.3) is 0 Å². The number of nitrogens with zero attached hydrogens (tertiary/aromatic N) is 1. The smallest absolute Gasteiger partial charge is 0.248 e. The highest BCUT2D eigenvalue weighted by atomic mass is 16.1. The maximum absolute atomic E-state index is 12.0. The Balaban J connectivity index is 2.64. The van der Waals surface area contributed by atoms with Gasteiger partial charge in [0.15, 0.2) is 0 Å². The summed E-state index contributed by atoms with van der Waals surface area (Å²) in [6.07, 6.45) is 5.27. The standard InChI is InChI=1S/C18H23N3O2/c1-3-5-13-14(18(20)23)9-11-7-8-12(17(19)22)10-16(11)21-15(13)6-4-2/h7-10,13H,3-6H2,1-2H3,(H2,19,22)(H2,20,23). The molecule has 4 N–H and O–H groups in total. The van der Waals surface area contributed by atoms with Crippen LogP contribution in [0.1, 0.15) is 55.5 Å². The molecule has 5 nitrogen and oxygen atoms in total. The third-order valence-electron chi connectivity index (χ3n) is 4.04. The second kappa shape index (κ2) is 7.22. The molecule has 2 rings (SSSR count). The number of carbonyl (C=O) groups is 2. The van der Waals surface area contributed by atoms with Gasteiger partial charge >= 0.3 is 0 Å². The van der Waals surface area contributed by atoms with Gasteiger partial charge in [-0.05, 0) is 31.1 Å². The number of amides is 2. The Bertz CT molecular complexity index is 690. The van der Waals surface area contributed by atoms with E-state index in [1.807, 2.05) is 0 Å². The maximum atomic E-state index is 12.0. The lowest BCUT2D eigenvalue weighted by atomic mass is 9.86. The SMILES string of the molecule is CCCC1=Nc2cc(C(N)=O)ccc2C=C(C(N)=O)C1CCC. The summed E-state index contributed by atoms with van der Waals surface area (Å²) in [6.45, 7) is 4.15. The zero-order valence-corrected chi connectivity index (χ0v) is 13.6. The number of nitrogens with two attached hydrogens (primary N) is 2. The second-order valence-electron chi connectivity index (χ2n) is 5.80. The third kappa shape index (κ3) is 3.67. The van der Waals surface area contributed by atoms with Crippen molar-refractivity contribution in [3.63, 3.8) is 0 Å². The fourth-order valence-corrected chi connectivity index (χ4v) is 2.94. The topological polar surface area (TPSA) is 98.5 Å². The van der Waals surface area contributed by atoms with E-state index in [1.165, 1.54) is 0 Å². The maximum Gasteiger partial charge on any atom is 0.248 e. The van der Waals surface area contributed by atoms with Crippen LogP contribution >= 0.6 is 0 Å². The molecule has 122 valence electrons. The predicted molar refractivity (Wildman–Crippen MR) is 92.5 cm³/mol. The van der Waals surface area contributed by atoms with Crippen LogP contribution in [-0.2, 0) is 4.79 Å². The van der Waals surface area contributed by atoms with E-state index < -0.39 is 11.8 Å². The molecule has 1 aliphatic rings. The zero-order chi connectivity index (χ0) is 17.0. The number of hydrogen-bond acceptors (Lipinski definition) is 3. The van der Waals surface area contributed by atoms with Gasteiger partial charge in [-0.25, -0.2) is 0 Å². The molecular formula is C18H23N3O2. The van der Waals surface area contributed by atoms with Crippen molar-refractivity contribution in [3.05, 3.63) is 34.9 Å². The van der Waals surface area contributed by atoms with Gasteiger partial charge in [-0.3, -0.25) is 14.6 Å². The van der Waals surface area contributed by atoms with E-state index in [0.717, 1.165) is 37.0 Å². The van der Waals surface area contributed by atoms with Gasteiger partial charge in [0.1, 0.15) is 0 Å². The molecule has 2 amide bonds. The lowest BCUT2D eigenvalue weighted by molar-refractivity contribution is -0.114. The van der Waals surface area contributed by atoms with Gasteiger partial charge in [-0.15, -0.1) is 0 Å². The van der Waals surface area contributed by atoms with Gasteiger partial charge in [0.05, 0.1) is 5.69 Å². The Morgan fingerprint density at radius 2 is 1.87 bits per heavy atom. The van der Waals surface area contributed by atoms with Crippen molar-refractivity contribution >= 4 is 29.3 Å². The van der Waals surface area contributed by atoms with Crippen molar-refractivity contribution in [2.75, 3.05) is 0 Å². The fourth-order valence-electron chi connectivity index (χ4n) is 2.94. The third-order valence-corrected chi connectivity index (χ3v) is 4.04. The monoisotopic (exact) mass is 313 g/mol. The van der Waals surface area contributed by atoms with Crippen LogP contribution in [0, 0.1) is 5.92 Å². The molecular weight excluding hydrogens is 290 g/mol. The van der Waals surface area contributed by atoms with Gasteiger partial charge in [0, 0.05) is 28.3 Å². The van der Waals surface area contributed by atoms with E-state index in [2.05, 4.69) is 13.8 Å². The average Bonchev–Trinajstić information content (AvgIpc) is 2.65. The highest BCUT2D eigenvalue weighted by molar-refractivity contribution is 6.07. The molecule has 0 saturated carbocycles. The zero-order valence-electron chi connectivity index (χ0n) is 13.6. The lowest BCUT2D eigenvalue weighted by Crippen LogP contribution is -2.25. The van der Waals surface area contributed by atoms with Crippen LogP contribution in [0.4, 0.5) is 5.69 Å². The largest absolute Gasteiger partial charge is 0.366 e. The summed E-state index contributed by atoms with van der Waals surface area (Å²) < 4.78 is 0. The Kier molecular flexibility index (Phi) is 5.32. The average molecular weight is 313 g/mol. The number of carbonyl (C=O) groups excluding carboxylic acids is 2. The number of aliphatic imine (C=N–C) groups is 1. The molecule has 1 aliphatic heterocycles. The fraction of sp³-hybridized carbons (Fsp3) is 0.389. The number of fused-ring (bicyclic) bond motifs is 1. The summed E-state index contributed by atoms with van der Waals surface area (Å²) in [4.78, 5) is 28.1. The van der Waals surface area contributed by atoms with Crippen LogP contribution in [0.2, 0.25) is 0 Å². The van der Waals surface area contributed by atoms with Crippen LogP contribution in [-0.4, -0.2) is 17.5 Å². The molecule has 0 aliphatic carbocycles. The first kappa shape index (κ1) is 16.9. The molecule has 23 heavy (non-hydrogen) atoms. The molecule has 1 heterocycles. The van der Waals surface area contributed by atoms with E-state index in [1.54, 1.807) is 24.3 Å². The Labute approximate surface area is 136 Å². The Hall–Kier alpha value is -2.43. The first-order valence-corrected chi connectivity index (χ1v) is 8.00. The Morgan fingerprint density at radius 1 is 1.13 bits per heavy atom. The van der Waals surface area contributed by atoms with E-state index in [0.29, 0.717) is 16.8 Å². The van der Waals surface area contributed by atoms with Crippen molar-refractivity contribution < 1.29 is 9.59 Å². The quantitative estimate of drug-likeness (QED) is 0.844. The van der Waals surface area contributed by atoms with Gasteiger partial charge in [-0.2, -0.15) is 0 Å². The highest BCUT2D eigenvalue weighted by Gasteiger charge is 2.26. The number of primary amides is 2. The van der Waals surface area contributed by atoms with Crippen molar-refractivity contribution in [2.45, 2.75) is 39.5 Å². The summed E-state index contributed by atoms with van der Waals surface area (Å²) in [5, 5.41) is 0. The summed E-state index contributed by atoms with van der Waals surface area (Å²) in [6, 6.07) is 5.09. The van der Waals surface area contributed by atoms with E-state index in [9.17, 15) is 9.59 Å². The minimum Gasteiger partial charge on any atom is -0.366 e. The first-order chi connectivity index (χ1) is 11.0. The summed E-state index contributed by atoms with van der Waals surface area (Å²) in [5.74, 6) is -0.977. The number of benzene rings is 1. The van der Waals surface area contributed by atoms with Crippen molar-refractivity contribution in [2.24, 2.45) is 22.4 Å². The van der Waals surface area contributed by atoms with Crippen LogP contribution in [0.5, 0.6) is 0 Å². The molecule has 0 bridgehead atoms. The van der Waals surface area contributed by atoms with E-state index in [-0.39, 0.29) is 5.92 Å². The second-order valence-corrected chi connectivity index (χ2v) is 5.80. The highest BCUT2D eigenvalue weighted by Crippen LogP contribution is 2.33. The summed E-state index contributed by atoms with van der Waals surface area (Å²) in [5.41, 5.74) is 14.4. The van der Waals surface area contributed by atoms with Crippen LogP contribution in [0.15, 0.2) is 28.8 Å². The molecule has 1 unspecified atom stereocenters. The molecule has 0 spiro atoms. The number of hydrogen-bond donors (Lipinski definition) is 2. The Morgan fingerprint density at radius 3 is 2.43 bits per heavy atom. The van der Waals surface area contributed by atoms with Gasteiger partial charge in [0.2, 0.25) is 11.8 Å². The molecule has 0 fully saturated rings. The van der Waals surface area contributed by atoms with Crippen LogP contribution in [0.3, 0.4) is 0 Å². The molecule has 5 heteroatoms. The van der Waals surface area contributed by atoms with E-state index in [4.69, 9.17) is 16.5 Å². The minimum atomic E-state index is -0.492. The number of rotatable bonds is 6. The van der Waals surface area contributed by atoms with E-state index >= 15 is 0 Å². The molecule has 1 aromatic carbocycles. The first-order valence-electron chi connectivity index (χ1n) is 8.00. The molecule has 1 aromatic rings. The predicted octanol–water partition coefficient (Wildman–Crippen LogP) is 2.96. The van der Waals surface area contributed by atoms with Gasteiger partial charge < -0.3 is 11.5 Å². The van der Waals surface area contributed by atoms with Crippen molar-refractivity contribution in [3.8, 4) is 0 Å². The summed E-state index contributed by atoms with van der Waals surface area (Å²) in [7, 11) is 0. The van der Waals surface area contributed by atoms with Crippen LogP contribution in [0.25, 0.3) is 6.08 Å². The normalized spacial score (nSPS) is 16.9. The summed E-state index contributed by atoms with van der Waals surface area (Å²) >= 11 is 0. The minimum absolute atomic E-state index is 0.0677. The van der Waals surface area contributed by atoms with Crippen molar-refractivity contribution in [1.29, 1.82) is 0 Å². The van der Waals surface area contributed by atoms with Gasteiger partial charge in [-0.1, -0.05) is 32.8 Å². The molecule has 0 saturated heterocycles. The molecule has 0 aromatic heterocycles. The lowest BCUT2D eigenvalue weighted by Gasteiger charge is -2.18. The van der Waals surface area contributed by atoms with Crippen molar-refractivity contribution in [1.82, 2.24) is 0 Å². The van der Waals surface area contributed by atoms with Crippen LogP contribution < -0.4 is 11.5 Å². The molecule has 1 atom stereocenters.